The van der Waals surface area contributed by atoms with E-state index in [1.54, 1.807) is 6.07 Å². The first kappa shape index (κ1) is 12.3. The van der Waals surface area contributed by atoms with Crippen LogP contribution in [0.3, 0.4) is 0 Å². The molecule has 0 unspecified atom stereocenters. The summed E-state index contributed by atoms with van der Waals surface area (Å²) in [6, 6.07) is 4.41. The van der Waals surface area contributed by atoms with Crippen LogP contribution in [0.25, 0.3) is 0 Å². The van der Waals surface area contributed by atoms with Crippen molar-refractivity contribution in [2.24, 2.45) is 0 Å². The van der Waals surface area contributed by atoms with Gasteiger partial charge in [-0.25, -0.2) is 4.39 Å². The van der Waals surface area contributed by atoms with Gasteiger partial charge in [0.2, 0.25) is 0 Å². The molecule has 2 nitrogen and oxygen atoms in total. The van der Waals surface area contributed by atoms with Crippen LogP contribution in [0.4, 0.5) is 4.39 Å². The van der Waals surface area contributed by atoms with Crippen molar-refractivity contribution in [1.82, 2.24) is 5.32 Å². The summed E-state index contributed by atoms with van der Waals surface area (Å²) in [4.78, 5) is 11.6. The summed E-state index contributed by atoms with van der Waals surface area (Å²) in [7, 11) is 1.82. The Bertz CT molecular complexity index is 354. The van der Waals surface area contributed by atoms with Crippen molar-refractivity contribution in [2.45, 2.75) is 12.8 Å². The highest BCUT2D eigenvalue weighted by atomic mass is 79.9. The van der Waals surface area contributed by atoms with E-state index in [-0.39, 0.29) is 11.3 Å². The number of Topliss-reactive ketones (excluding diaryl/α,β-unsaturated/α-hetero) is 1. The van der Waals surface area contributed by atoms with Gasteiger partial charge in [-0.05, 0) is 38.2 Å². The smallest absolute Gasteiger partial charge is 0.165 e. The van der Waals surface area contributed by atoms with Gasteiger partial charge < -0.3 is 5.32 Å². The molecule has 0 bridgehead atoms. The molecule has 0 aliphatic heterocycles. The lowest BCUT2D eigenvalue weighted by molar-refractivity contribution is 0.0976. The Kier molecular flexibility index (Phi) is 4.91. The lowest BCUT2D eigenvalue weighted by Crippen LogP contribution is -2.10. The lowest BCUT2D eigenvalue weighted by Gasteiger charge is -2.03. The monoisotopic (exact) mass is 273 g/mol. The molecule has 1 aromatic carbocycles. The fourth-order valence-electron chi connectivity index (χ4n) is 1.27. The van der Waals surface area contributed by atoms with E-state index >= 15 is 0 Å². The van der Waals surface area contributed by atoms with Gasteiger partial charge in [-0.1, -0.05) is 15.9 Å². The van der Waals surface area contributed by atoms with Crippen LogP contribution in [0.15, 0.2) is 22.7 Å². The van der Waals surface area contributed by atoms with E-state index in [9.17, 15) is 9.18 Å². The topological polar surface area (TPSA) is 29.1 Å². The molecule has 0 saturated heterocycles. The molecule has 0 amide bonds. The fraction of sp³-hybridized carbons (Fsp3) is 0.364. The van der Waals surface area contributed by atoms with Gasteiger partial charge >= 0.3 is 0 Å². The Morgan fingerprint density at radius 3 is 2.93 bits per heavy atom. The molecule has 1 rings (SSSR count). The molecule has 82 valence electrons. The number of carbonyl (C=O) groups is 1. The molecule has 0 fully saturated rings. The molecule has 1 N–H and O–H groups in total. The van der Waals surface area contributed by atoms with E-state index in [0.29, 0.717) is 6.42 Å². The summed E-state index contributed by atoms with van der Waals surface area (Å²) in [5.74, 6) is -0.600. The molecule has 0 aliphatic carbocycles. The summed E-state index contributed by atoms with van der Waals surface area (Å²) in [6.07, 6.45) is 1.09. The summed E-state index contributed by atoms with van der Waals surface area (Å²) >= 11 is 3.22. The Balaban J connectivity index is 2.68. The van der Waals surface area contributed by atoms with Crippen LogP contribution in [0.1, 0.15) is 23.2 Å². The van der Waals surface area contributed by atoms with Gasteiger partial charge in [-0.3, -0.25) is 4.79 Å². The van der Waals surface area contributed by atoms with Crippen molar-refractivity contribution in [3.8, 4) is 0 Å². The Morgan fingerprint density at radius 2 is 2.27 bits per heavy atom. The second-order valence-electron chi connectivity index (χ2n) is 3.25. The molecule has 0 spiro atoms. The number of hydrogen-bond donors (Lipinski definition) is 1. The highest BCUT2D eigenvalue weighted by molar-refractivity contribution is 9.10. The number of hydrogen-bond acceptors (Lipinski definition) is 2. The van der Waals surface area contributed by atoms with Gasteiger partial charge in [0.15, 0.2) is 5.78 Å². The molecule has 4 heteroatoms. The van der Waals surface area contributed by atoms with Crippen molar-refractivity contribution in [3.05, 3.63) is 34.1 Å². The number of halogens is 2. The standard InChI is InChI=1S/C11H13BrFNO/c1-14-6-2-3-11(15)9-7-8(12)4-5-10(9)13/h4-5,7,14H,2-3,6H2,1H3. The highest BCUT2D eigenvalue weighted by Gasteiger charge is 2.11. The average Bonchev–Trinajstić information content (AvgIpc) is 2.22. The number of ketones is 1. The van der Waals surface area contributed by atoms with E-state index in [1.807, 2.05) is 7.05 Å². The van der Waals surface area contributed by atoms with Crippen molar-refractivity contribution < 1.29 is 9.18 Å². The second kappa shape index (κ2) is 5.98. The van der Waals surface area contributed by atoms with Crippen LogP contribution in [0.5, 0.6) is 0 Å². The van der Waals surface area contributed by atoms with Crippen LogP contribution >= 0.6 is 15.9 Å². The Labute approximate surface area is 97.0 Å². The van der Waals surface area contributed by atoms with Crippen LogP contribution in [-0.4, -0.2) is 19.4 Å². The summed E-state index contributed by atoms with van der Waals surface area (Å²) < 4.78 is 14.0. The lowest BCUT2D eigenvalue weighted by atomic mass is 10.1. The van der Waals surface area contributed by atoms with Crippen LogP contribution in [-0.2, 0) is 0 Å². The van der Waals surface area contributed by atoms with Gasteiger partial charge in [0.05, 0.1) is 5.56 Å². The molecule has 0 saturated carbocycles. The van der Waals surface area contributed by atoms with Crippen LogP contribution < -0.4 is 5.32 Å². The van der Waals surface area contributed by atoms with E-state index in [2.05, 4.69) is 21.2 Å². The molecule has 0 aliphatic rings. The maximum atomic E-state index is 13.3. The molecule has 15 heavy (non-hydrogen) atoms. The molecule has 0 radical (unpaired) electrons. The zero-order valence-electron chi connectivity index (χ0n) is 8.52. The zero-order chi connectivity index (χ0) is 11.3. The van der Waals surface area contributed by atoms with Crippen molar-refractivity contribution >= 4 is 21.7 Å². The maximum Gasteiger partial charge on any atom is 0.165 e. The second-order valence-corrected chi connectivity index (χ2v) is 4.17. The van der Waals surface area contributed by atoms with Gasteiger partial charge in [-0.2, -0.15) is 0 Å². The summed E-state index contributed by atoms with van der Waals surface area (Å²) in [6.45, 7) is 0.765. The van der Waals surface area contributed by atoms with E-state index in [4.69, 9.17) is 0 Å². The molecule has 0 heterocycles. The molecular weight excluding hydrogens is 261 g/mol. The summed E-state index contributed by atoms with van der Waals surface area (Å²) in [5.41, 5.74) is 0.167. The third kappa shape index (κ3) is 3.72. The fourth-order valence-corrected chi connectivity index (χ4v) is 1.63. The highest BCUT2D eigenvalue weighted by Crippen LogP contribution is 2.17. The third-order valence-corrected chi connectivity index (χ3v) is 2.55. The SMILES string of the molecule is CNCCCC(=O)c1cc(Br)ccc1F. The predicted octanol–water partition coefficient (Wildman–Crippen LogP) is 2.77. The summed E-state index contributed by atoms with van der Waals surface area (Å²) in [5, 5.41) is 2.95. The van der Waals surface area contributed by atoms with E-state index < -0.39 is 5.82 Å². The Morgan fingerprint density at radius 1 is 1.53 bits per heavy atom. The van der Waals surface area contributed by atoms with Gasteiger partial charge in [0.25, 0.3) is 0 Å². The van der Waals surface area contributed by atoms with Crippen molar-refractivity contribution in [1.29, 1.82) is 0 Å². The number of benzene rings is 1. The van der Waals surface area contributed by atoms with E-state index in [0.717, 1.165) is 17.4 Å². The molecular formula is C11H13BrFNO. The van der Waals surface area contributed by atoms with Crippen molar-refractivity contribution in [2.75, 3.05) is 13.6 Å². The van der Waals surface area contributed by atoms with Gasteiger partial charge in [0, 0.05) is 10.9 Å². The largest absolute Gasteiger partial charge is 0.320 e. The number of rotatable bonds is 5. The first-order chi connectivity index (χ1) is 7.15. The Hall–Kier alpha value is -0.740. The van der Waals surface area contributed by atoms with Gasteiger partial charge in [-0.15, -0.1) is 0 Å². The van der Waals surface area contributed by atoms with E-state index in [1.165, 1.54) is 12.1 Å². The van der Waals surface area contributed by atoms with Crippen LogP contribution in [0, 0.1) is 5.82 Å². The zero-order valence-corrected chi connectivity index (χ0v) is 10.1. The quantitative estimate of drug-likeness (QED) is 0.660. The molecule has 0 atom stereocenters. The number of carbonyl (C=O) groups excluding carboxylic acids is 1. The van der Waals surface area contributed by atoms with Crippen molar-refractivity contribution in [3.63, 3.8) is 0 Å². The first-order valence-electron chi connectivity index (χ1n) is 4.78. The molecule has 0 aromatic heterocycles. The van der Waals surface area contributed by atoms with Gasteiger partial charge in [0.1, 0.15) is 5.82 Å². The maximum absolute atomic E-state index is 13.3. The predicted molar refractivity (Wildman–Crippen MR) is 61.6 cm³/mol. The minimum absolute atomic E-state index is 0.149. The minimum Gasteiger partial charge on any atom is -0.320 e. The number of nitrogens with one attached hydrogen (secondary N) is 1. The molecule has 1 aromatic rings. The van der Waals surface area contributed by atoms with Crippen LogP contribution in [0.2, 0.25) is 0 Å². The normalized spacial score (nSPS) is 10.3. The average molecular weight is 274 g/mol. The minimum atomic E-state index is -0.451. The first-order valence-corrected chi connectivity index (χ1v) is 5.57. The third-order valence-electron chi connectivity index (χ3n) is 2.06.